The molecule has 0 amide bonds. The molecule has 0 spiro atoms. The van der Waals surface area contributed by atoms with E-state index in [2.05, 4.69) is 134 Å². The van der Waals surface area contributed by atoms with Crippen LogP contribution >= 0.6 is 0 Å². The van der Waals surface area contributed by atoms with Crippen molar-refractivity contribution in [3.63, 3.8) is 0 Å². The Labute approximate surface area is 201 Å². The molecule has 1 nitrogen and oxygen atoms in total. The van der Waals surface area contributed by atoms with Crippen molar-refractivity contribution in [2.24, 2.45) is 0 Å². The maximum atomic E-state index is 3.54. The molecule has 1 N–H and O–H groups in total. The van der Waals surface area contributed by atoms with Gasteiger partial charge in [-0.15, -0.1) is 0 Å². The van der Waals surface area contributed by atoms with Gasteiger partial charge in [0, 0.05) is 16.8 Å². The van der Waals surface area contributed by atoms with Gasteiger partial charge in [0.05, 0.1) is 0 Å². The van der Waals surface area contributed by atoms with Crippen LogP contribution in [0.4, 0.5) is 11.4 Å². The van der Waals surface area contributed by atoms with Crippen LogP contribution in [0.25, 0.3) is 33.4 Å². The van der Waals surface area contributed by atoms with Gasteiger partial charge in [-0.25, -0.2) is 0 Å². The third-order valence-electron chi connectivity index (χ3n) is 7.08. The lowest BCUT2D eigenvalue weighted by Gasteiger charge is -2.21. The fourth-order valence-electron chi connectivity index (χ4n) is 5.27. The Balaban J connectivity index is 1.29. The Morgan fingerprint density at radius 3 is 1.68 bits per heavy atom. The highest BCUT2D eigenvalue weighted by Crippen LogP contribution is 2.51. The van der Waals surface area contributed by atoms with E-state index in [1.165, 1.54) is 44.5 Å². The minimum atomic E-state index is 0.0232. The summed E-state index contributed by atoms with van der Waals surface area (Å²) in [4.78, 5) is 0. The van der Waals surface area contributed by atoms with Gasteiger partial charge in [-0.05, 0) is 68.8 Å². The first-order valence-corrected chi connectivity index (χ1v) is 11.9. The predicted octanol–water partition coefficient (Wildman–Crippen LogP) is 9.07. The van der Waals surface area contributed by atoms with E-state index in [1.54, 1.807) is 0 Å². The summed E-state index contributed by atoms with van der Waals surface area (Å²) < 4.78 is 0. The molecule has 0 saturated heterocycles. The topological polar surface area (TPSA) is 12.0 Å². The third-order valence-corrected chi connectivity index (χ3v) is 7.08. The minimum Gasteiger partial charge on any atom is -0.356 e. The molecule has 0 bridgehead atoms. The number of nitrogens with one attached hydrogen (secondary N) is 1. The Kier molecular flexibility index (Phi) is 4.85. The van der Waals surface area contributed by atoms with Crippen molar-refractivity contribution in [2.45, 2.75) is 19.3 Å². The first-order valence-electron chi connectivity index (χ1n) is 11.9. The molecular weight excluding hydrogens is 410 g/mol. The van der Waals surface area contributed by atoms with Crippen molar-refractivity contribution in [1.29, 1.82) is 0 Å². The minimum absolute atomic E-state index is 0.0232. The quantitative estimate of drug-likeness (QED) is 0.296. The molecule has 0 saturated carbocycles. The molecule has 1 aliphatic rings. The maximum absolute atomic E-state index is 3.54. The zero-order valence-corrected chi connectivity index (χ0v) is 19.5. The number of anilines is 2. The lowest BCUT2D eigenvalue weighted by molar-refractivity contribution is 0.660. The van der Waals surface area contributed by atoms with Crippen molar-refractivity contribution in [3.05, 3.63) is 132 Å². The summed E-state index contributed by atoms with van der Waals surface area (Å²) >= 11 is 0. The molecular formula is C33H27N. The molecule has 0 radical (unpaired) electrons. The highest BCUT2D eigenvalue weighted by Gasteiger charge is 2.36. The van der Waals surface area contributed by atoms with Gasteiger partial charge in [-0.1, -0.05) is 111 Å². The van der Waals surface area contributed by atoms with Crippen LogP contribution in [0.15, 0.2) is 121 Å². The molecule has 0 unspecified atom stereocenters. The Bertz CT molecular complexity index is 1460. The molecule has 164 valence electrons. The molecule has 0 aromatic heterocycles. The third kappa shape index (κ3) is 3.41. The van der Waals surface area contributed by atoms with E-state index in [0.717, 1.165) is 11.4 Å². The molecule has 34 heavy (non-hydrogen) atoms. The summed E-state index contributed by atoms with van der Waals surface area (Å²) in [6.07, 6.45) is 0. The van der Waals surface area contributed by atoms with Gasteiger partial charge in [0.25, 0.3) is 0 Å². The van der Waals surface area contributed by atoms with E-state index >= 15 is 0 Å². The summed E-state index contributed by atoms with van der Waals surface area (Å²) in [6, 6.07) is 43.5. The number of benzene rings is 5. The van der Waals surface area contributed by atoms with Crippen molar-refractivity contribution in [3.8, 4) is 33.4 Å². The lowest BCUT2D eigenvalue weighted by Crippen LogP contribution is -2.14. The SMILES string of the molecule is CC1(C)c2ccccc2-c2c(-c3ccc(Nc4ccc(-c5ccccc5)cc4)cc3)cccc21. The van der Waals surface area contributed by atoms with Crippen LogP contribution in [0, 0.1) is 0 Å². The second kappa shape index (κ2) is 8.04. The summed E-state index contributed by atoms with van der Waals surface area (Å²) in [5.41, 5.74) is 12.8. The summed E-state index contributed by atoms with van der Waals surface area (Å²) in [5.74, 6) is 0. The Hall–Kier alpha value is -4.10. The molecule has 0 fully saturated rings. The normalized spacial score (nSPS) is 13.2. The average Bonchev–Trinajstić information content (AvgIpc) is 3.13. The smallest absolute Gasteiger partial charge is 0.0384 e. The fourth-order valence-corrected chi connectivity index (χ4v) is 5.27. The Morgan fingerprint density at radius 1 is 0.441 bits per heavy atom. The average molecular weight is 438 g/mol. The maximum Gasteiger partial charge on any atom is 0.0384 e. The molecule has 6 rings (SSSR count). The zero-order valence-electron chi connectivity index (χ0n) is 19.5. The van der Waals surface area contributed by atoms with Gasteiger partial charge < -0.3 is 5.32 Å². The van der Waals surface area contributed by atoms with Crippen LogP contribution < -0.4 is 5.32 Å². The van der Waals surface area contributed by atoms with Crippen molar-refractivity contribution in [1.82, 2.24) is 0 Å². The van der Waals surface area contributed by atoms with Crippen LogP contribution in [0.5, 0.6) is 0 Å². The molecule has 5 aromatic carbocycles. The van der Waals surface area contributed by atoms with Gasteiger partial charge in [0.1, 0.15) is 0 Å². The van der Waals surface area contributed by atoms with Crippen LogP contribution in [-0.4, -0.2) is 0 Å². The van der Waals surface area contributed by atoms with Crippen LogP contribution in [0.2, 0.25) is 0 Å². The molecule has 5 aromatic rings. The second-order valence-corrected chi connectivity index (χ2v) is 9.54. The van der Waals surface area contributed by atoms with Gasteiger partial charge >= 0.3 is 0 Å². The zero-order chi connectivity index (χ0) is 23.1. The molecule has 1 aliphatic carbocycles. The van der Waals surface area contributed by atoms with E-state index in [-0.39, 0.29) is 5.41 Å². The van der Waals surface area contributed by atoms with Gasteiger partial charge in [-0.2, -0.15) is 0 Å². The number of fused-ring (bicyclic) bond motifs is 3. The summed E-state index contributed by atoms with van der Waals surface area (Å²) in [7, 11) is 0. The lowest BCUT2D eigenvalue weighted by atomic mass is 9.82. The summed E-state index contributed by atoms with van der Waals surface area (Å²) in [6.45, 7) is 4.66. The van der Waals surface area contributed by atoms with Crippen molar-refractivity contribution >= 4 is 11.4 Å². The van der Waals surface area contributed by atoms with Crippen LogP contribution in [0.3, 0.4) is 0 Å². The monoisotopic (exact) mass is 437 g/mol. The summed E-state index contributed by atoms with van der Waals surface area (Å²) in [5, 5.41) is 3.54. The molecule has 0 aliphatic heterocycles. The molecule has 0 heterocycles. The van der Waals surface area contributed by atoms with E-state index in [9.17, 15) is 0 Å². The molecule has 0 atom stereocenters. The van der Waals surface area contributed by atoms with Crippen LogP contribution in [-0.2, 0) is 5.41 Å². The number of hydrogen-bond donors (Lipinski definition) is 1. The van der Waals surface area contributed by atoms with Gasteiger partial charge in [-0.3, -0.25) is 0 Å². The van der Waals surface area contributed by atoms with E-state index in [1.807, 2.05) is 6.07 Å². The van der Waals surface area contributed by atoms with E-state index in [4.69, 9.17) is 0 Å². The van der Waals surface area contributed by atoms with Crippen molar-refractivity contribution < 1.29 is 0 Å². The van der Waals surface area contributed by atoms with Crippen LogP contribution in [0.1, 0.15) is 25.0 Å². The highest BCUT2D eigenvalue weighted by atomic mass is 14.9. The van der Waals surface area contributed by atoms with Gasteiger partial charge in [0.15, 0.2) is 0 Å². The first-order chi connectivity index (χ1) is 16.6. The number of hydrogen-bond acceptors (Lipinski definition) is 1. The predicted molar refractivity (Wildman–Crippen MR) is 145 cm³/mol. The standard InChI is InChI=1S/C33H27N/c1-33(2)30-13-7-6-11-29(30)32-28(12-8-14-31(32)33)25-17-21-27(22-18-25)34-26-19-15-24(16-20-26)23-9-4-3-5-10-23/h3-22,34H,1-2H3. The largest absolute Gasteiger partial charge is 0.356 e. The first kappa shape index (κ1) is 20.5. The Morgan fingerprint density at radius 2 is 0.971 bits per heavy atom. The van der Waals surface area contributed by atoms with Gasteiger partial charge in [0.2, 0.25) is 0 Å². The molecule has 1 heteroatoms. The van der Waals surface area contributed by atoms with E-state index < -0.39 is 0 Å². The fraction of sp³-hybridized carbons (Fsp3) is 0.0909. The second-order valence-electron chi connectivity index (χ2n) is 9.54. The number of rotatable bonds is 4. The van der Waals surface area contributed by atoms with E-state index in [0.29, 0.717) is 0 Å². The van der Waals surface area contributed by atoms with Crippen molar-refractivity contribution in [2.75, 3.05) is 5.32 Å². The highest BCUT2D eigenvalue weighted by molar-refractivity contribution is 5.92.